The first-order valence-corrected chi connectivity index (χ1v) is 10.9. The zero-order valence-corrected chi connectivity index (χ0v) is 17.5. The van der Waals surface area contributed by atoms with Gasteiger partial charge in [-0.15, -0.1) is 0 Å². The van der Waals surface area contributed by atoms with Crippen LogP contribution in [-0.2, 0) is 16.4 Å². The number of benzene rings is 2. The summed E-state index contributed by atoms with van der Waals surface area (Å²) in [5.41, 5.74) is 3.12. The third-order valence-electron chi connectivity index (χ3n) is 5.11. The minimum absolute atomic E-state index is 0.101. The average Bonchev–Trinajstić information content (AvgIpc) is 2.89. The van der Waals surface area contributed by atoms with E-state index in [1.165, 1.54) is 0 Å². The van der Waals surface area contributed by atoms with Gasteiger partial charge in [-0.3, -0.25) is 9.52 Å². The molecule has 0 atom stereocenters. The van der Waals surface area contributed by atoms with Crippen LogP contribution < -0.4 is 4.72 Å². The van der Waals surface area contributed by atoms with Gasteiger partial charge in [-0.1, -0.05) is 31.5 Å². The second-order valence-corrected chi connectivity index (χ2v) is 10.3. The molecule has 7 heteroatoms. The second-order valence-electron chi connectivity index (χ2n) is 8.20. The number of hydrogen-bond donors (Lipinski definition) is 2. The molecule has 1 heterocycles. The second kappa shape index (κ2) is 6.36. The number of fused-ring (bicyclic) bond motifs is 3. The van der Waals surface area contributed by atoms with Gasteiger partial charge in [-0.25, -0.2) is 8.42 Å². The number of rotatable bonds is 3. The lowest BCUT2D eigenvalue weighted by Gasteiger charge is -2.28. The van der Waals surface area contributed by atoms with E-state index in [9.17, 15) is 13.2 Å². The van der Waals surface area contributed by atoms with Crippen LogP contribution in [0.1, 0.15) is 41.9 Å². The normalized spacial score (nSPS) is 16.2. The predicted octanol–water partition coefficient (Wildman–Crippen LogP) is 5.09. The lowest BCUT2D eigenvalue weighted by molar-refractivity contribution is 0.0913. The molecule has 28 heavy (non-hydrogen) atoms. The van der Waals surface area contributed by atoms with E-state index >= 15 is 0 Å². The van der Waals surface area contributed by atoms with E-state index in [-0.39, 0.29) is 16.1 Å². The van der Waals surface area contributed by atoms with Crippen LogP contribution in [0.5, 0.6) is 0 Å². The average molecular weight is 417 g/mol. The fraction of sp³-hybridized carbons (Fsp3) is 0.286. The monoisotopic (exact) mass is 416 g/mol. The Labute approximate surface area is 169 Å². The van der Waals surface area contributed by atoms with Gasteiger partial charge in [-0.2, -0.15) is 0 Å². The summed E-state index contributed by atoms with van der Waals surface area (Å²) >= 11 is 5.95. The van der Waals surface area contributed by atoms with Crippen LogP contribution in [0, 0.1) is 12.3 Å². The van der Waals surface area contributed by atoms with E-state index in [2.05, 4.69) is 23.6 Å². The summed E-state index contributed by atoms with van der Waals surface area (Å²) < 4.78 is 28.5. The van der Waals surface area contributed by atoms with Crippen LogP contribution in [0.3, 0.4) is 0 Å². The lowest BCUT2D eigenvalue weighted by Crippen LogP contribution is -2.26. The van der Waals surface area contributed by atoms with Crippen molar-refractivity contribution in [2.24, 2.45) is 5.41 Å². The molecular formula is C21H21ClN2O3S. The van der Waals surface area contributed by atoms with Crippen LogP contribution in [0.25, 0.3) is 10.9 Å². The molecule has 5 nitrogen and oxygen atoms in total. The Hall–Kier alpha value is -2.31. The number of carbonyl (C=O) groups is 1. The lowest BCUT2D eigenvalue weighted by atomic mass is 9.76. The third-order valence-corrected chi connectivity index (χ3v) is 6.87. The molecule has 0 amide bonds. The fourth-order valence-electron chi connectivity index (χ4n) is 3.95. The van der Waals surface area contributed by atoms with Crippen molar-refractivity contribution < 1.29 is 13.2 Å². The van der Waals surface area contributed by atoms with Crippen molar-refractivity contribution in [3.63, 3.8) is 0 Å². The van der Waals surface area contributed by atoms with Gasteiger partial charge in [0.15, 0.2) is 5.78 Å². The highest BCUT2D eigenvalue weighted by Gasteiger charge is 2.34. The van der Waals surface area contributed by atoms with Crippen molar-refractivity contribution in [3.05, 3.63) is 58.2 Å². The first kappa shape index (κ1) is 19.0. The Kier molecular flexibility index (Phi) is 4.32. The number of halogens is 1. The zero-order chi connectivity index (χ0) is 20.3. The number of Topliss-reactive ketones (excluding diaryl/α,β-unsaturated/α-hetero) is 1. The first-order chi connectivity index (χ1) is 13.1. The van der Waals surface area contributed by atoms with Gasteiger partial charge in [-0.05, 0) is 54.7 Å². The SMILES string of the molecule is Cc1cc2c3c([nH]c2cc1S(=O)(=O)Nc1cccc(Cl)c1)CC(C)(C)CC3=O. The van der Waals surface area contributed by atoms with Gasteiger partial charge in [0.05, 0.1) is 10.6 Å². The van der Waals surface area contributed by atoms with Gasteiger partial charge in [0.1, 0.15) is 0 Å². The standard InChI is InChI=1S/C21H21ClN2O3S/c1-12-7-15-16(23-17-10-21(2,3)11-18(25)20(15)17)9-19(12)28(26,27)24-14-6-4-5-13(22)8-14/h4-9,23-24H,10-11H2,1-3H3. The quantitative estimate of drug-likeness (QED) is 0.624. The molecule has 0 unspecified atom stereocenters. The number of aromatic nitrogens is 1. The van der Waals surface area contributed by atoms with Gasteiger partial charge < -0.3 is 4.98 Å². The largest absolute Gasteiger partial charge is 0.358 e. The van der Waals surface area contributed by atoms with E-state index in [0.717, 1.165) is 17.5 Å². The maximum Gasteiger partial charge on any atom is 0.262 e. The number of aryl methyl sites for hydroxylation is 1. The molecule has 0 spiro atoms. The molecule has 146 valence electrons. The fourth-order valence-corrected chi connectivity index (χ4v) is 5.45. The number of anilines is 1. The van der Waals surface area contributed by atoms with Gasteiger partial charge in [0, 0.05) is 33.6 Å². The van der Waals surface area contributed by atoms with E-state index in [4.69, 9.17) is 11.6 Å². The van der Waals surface area contributed by atoms with Crippen LogP contribution >= 0.6 is 11.6 Å². The highest BCUT2D eigenvalue weighted by Crippen LogP contribution is 2.39. The van der Waals surface area contributed by atoms with Crippen molar-refractivity contribution in [2.75, 3.05) is 4.72 Å². The number of carbonyl (C=O) groups excluding carboxylic acids is 1. The number of ketones is 1. The number of aromatic amines is 1. The highest BCUT2D eigenvalue weighted by atomic mass is 35.5. The van der Waals surface area contributed by atoms with Crippen molar-refractivity contribution in [1.82, 2.24) is 4.98 Å². The molecule has 0 aliphatic heterocycles. The van der Waals surface area contributed by atoms with Crippen LogP contribution in [0.15, 0.2) is 41.3 Å². The molecule has 2 N–H and O–H groups in total. The summed E-state index contributed by atoms with van der Waals surface area (Å²) in [5.74, 6) is 0.101. The Balaban J connectivity index is 1.81. The molecule has 0 saturated carbocycles. The molecule has 0 radical (unpaired) electrons. The van der Waals surface area contributed by atoms with Crippen molar-refractivity contribution in [2.45, 2.75) is 38.5 Å². The number of sulfonamides is 1. The van der Waals surface area contributed by atoms with Crippen molar-refractivity contribution in [3.8, 4) is 0 Å². The number of nitrogens with one attached hydrogen (secondary N) is 2. The highest BCUT2D eigenvalue weighted by molar-refractivity contribution is 7.92. The first-order valence-electron chi connectivity index (χ1n) is 9.02. The Morgan fingerprint density at radius 3 is 2.61 bits per heavy atom. The van der Waals surface area contributed by atoms with Gasteiger partial charge >= 0.3 is 0 Å². The summed E-state index contributed by atoms with van der Waals surface area (Å²) in [6.45, 7) is 5.87. The van der Waals surface area contributed by atoms with Crippen LogP contribution in [-0.4, -0.2) is 19.2 Å². The zero-order valence-electron chi connectivity index (χ0n) is 15.9. The molecule has 1 aliphatic rings. The van der Waals surface area contributed by atoms with E-state index in [1.807, 2.05) is 0 Å². The third kappa shape index (κ3) is 3.31. The Morgan fingerprint density at radius 1 is 1.14 bits per heavy atom. The maximum absolute atomic E-state index is 13.0. The summed E-state index contributed by atoms with van der Waals surface area (Å²) in [6.07, 6.45) is 1.24. The summed E-state index contributed by atoms with van der Waals surface area (Å²) in [6, 6.07) is 9.96. The van der Waals surface area contributed by atoms with Gasteiger partial charge in [0.2, 0.25) is 0 Å². The molecular weight excluding hydrogens is 396 g/mol. The summed E-state index contributed by atoms with van der Waals surface area (Å²) in [4.78, 5) is 16.1. The molecule has 4 rings (SSSR count). The van der Waals surface area contributed by atoms with E-state index in [0.29, 0.717) is 33.8 Å². The molecule has 1 aliphatic carbocycles. The Bertz CT molecular complexity index is 1230. The summed E-state index contributed by atoms with van der Waals surface area (Å²) in [5, 5.41) is 1.24. The molecule has 0 fully saturated rings. The van der Waals surface area contributed by atoms with E-state index < -0.39 is 10.0 Å². The predicted molar refractivity (Wildman–Crippen MR) is 112 cm³/mol. The van der Waals surface area contributed by atoms with E-state index in [1.54, 1.807) is 43.3 Å². The molecule has 0 saturated heterocycles. The number of hydrogen-bond acceptors (Lipinski definition) is 3. The maximum atomic E-state index is 13.0. The topological polar surface area (TPSA) is 79.0 Å². The number of H-pyrrole nitrogens is 1. The van der Waals surface area contributed by atoms with Crippen molar-refractivity contribution >= 4 is 44.0 Å². The smallest absolute Gasteiger partial charge is 0.262 e. The van der Waals surface area contributed by atoms with Crippen LogP contribution in [0.4, 0.5) is 5.69 Å². The molecule has 2 aromatic carbocycles. The minimum Gasteiger partial charge on any atom is -0.358 e. The minimum atomic E-state index is -3.80. The summed E-state index contributed by atoms with van der Waals surface area (Å²) in [7, 11) is -3.80. The Morgan fingerprint density at radius 2 is 1.89 bits per heavy atom. The molecule has 1 aromatic heterocycles. The molecule has 3 aromatic rings. The van der Waals surface area contributed by atoms with Gasteiger partial charge in [0.25, 0.3) is 10.0 Å². The van der Waals surface area contributed by atoms with Crippen LogP contribution in [0.2, 0.25) is 5.02 Å². The van der Waals surface area contributed by atoms with Crippen molar-refractivity contribution in [1.29, 1.82) is 0 Å². The molecule has 0 bridgehead atoms.